The van der Waals surface area contributed by atoms with E-state index in [0.717, 1.165) is 12.4 Å². The van der Waals surface area contributed by atoms with Crippen LogP contribution in [0.15, 0.2) is 67.0 Å². The number of rotatable bonds is 7. The molecule has 0 aliphatic heterocycles. The summed E-state index contributed by atoms with van der Waals surface area (Å²) in [6.45, 7) is 1.26. The quantitative estimate of drug-likeness (QED) is 0.720. The van der Waals surface area contributed by atoms with Crippen LogP contribution in [-0.4, -0.2) is 22.0 Å². The van der Waals surface area contributed by atoms with Crippen molar-refractivity contribution < 1.29 is 9.18 Å². The van der Waals surface area contributed by atoms with Gasteiger partial charge in [0.15, 0.2) is 0 Å². The van der Waals surface area contributed by atoms with Gasteiger partial charge in [0.05, 0.1) is 6.42 Å². The van der Waals surface area contributed by atoms with Gasteiger partial charge in [0.2, 0.25) is 5.91 Å². The lowest BCUT2D eigenvalue weighted by atomic mass is 10.1. The van der Waals surface area contributed by atoms with Crippen LogP contribution in [-0.2, 0) is 24.2 Å². The predicted molar refractivity (Wildman–Crippen MR) is 94.6 cm³/mol. The standard InChI is InChI=1S/C20H20FN3O/c21-18-8-4-7-17(13-18)14-20(25)23-10-9-19-22-11-12-24(19)15-16-5-2-1-3-6-16/h1-8,11-13H,9-10,14-15H2,(H,23,25). The minimum Gasteiger partial charge on any atom is -0.355 e. The molecule has 3 aromatic rings. The summed E-state index contributed by atoms with van der Waals surface area (Å²) in [5, 5.41) is 2.87. The fraction of sp³-hybridized carbons (Fsp3) is 0.200. The van der Waals surface area contributed by atoms with Gasteiger partial charge in [-0.25, -0.2) is 9.37 Å². The molecule has 1 amide bonds. The molecule has 0 aliphatic carbocycles. The number of hydrogen-bond acceptors (Lipinski definition) is 2. The number of benzene rings is 2. The summed E-state index contributed by atoms with van der Waals surface area (Å²) in [6, 6.07) is 16.3. The second kappa shape index (κ2) is 8.24. The van der Waals surface area contributed by atoms with Crippen LogP contribution < -0.4 is 5.32 Å². The molecule has 1 aromatic heterocycles. The van der Waals surface area contributed by atoms with Crippen molar-refractivity contribution in [2.75, 3.05) is 6.54 Å². The van der Waals surface area contributed by atoms with Crippen LogP contribution in [0.5, 0.6) is 0 Å². The molecule has 1 heterocycles. The second-order valence-corrected chi connectivity index (χ2v) is 5.86. The van der Waals surface area contributed by atoms with Gasteiger partial charge in [-0.2, -0.15) is 0 Å². The van der Waals surface area contributed by atoms with Gasteiger partial charge in [0, 0.05) is 31.9 Å². The maximum absolute atomic E-state index is 13.1. The molecule has 0 unspecified atom stereocenters. The lowest BCUT2D eigenvalue weighted by molar-refractivity contribution is -0.120. The fourth-order valence-electron chi connectivity index (χ4n) is 2.70. The molecule has 2 aromatic carbocycles. The molecule has 0 saturated heterocycles. The fourth-order valence-corrected chi connectivity index (χ4v) is 2.70. The van der Waals surface area contributed by atoms with Gasteiger partial charge in [-0.15, -0.1) is 0 Å². The summed E-state index contributed by atoms with van der Waals surface area (Å²) in [4.78, 5) is 16.3. The molecule has 0 saturated carbocycles. The third-order valence-electron chi connectivity index (χ3n) is 3.92. The Hall–Kier alpha value is -2.95. The Balaban J connectivity index is 1.49. The molecule has 0 aliphatic rings. The number of amides is 1. The highest BCUT2D eigenvalue weighted by atomic mass is 19.1. The highest BCUT2D eigenvalue weighted by molar-refractivity contribution is 5.78. The van der Waals surface area contributed by atoms with E-state index < -0.39 is 0 Å². The van der Waals surface area contributed by atoms with E-state index in [1.165, 1.54) is 17.7 Å². The zero-order chi connectivity index (χ0) is 17.5. The average Bonchev–Trinajstić information content (AvgIpc) is 3.03. The minimum absolute atomic E-state index is 0.119. The van der Waals surface area contributed by atoms with Crippen LogP contribution in [0, 0.1) is 5.82 Å². The van der Waals surface area contributed by atoms with Crippen molar-refractivity contribution in [1.82, 2.24) is 14.9 Å². The Morgan fingerprint density at radius 1 is 1.08 bits per heavy atom. The first-order valence-corrected chi connectivity index (χ1v) is 8.26. The number of nitrogens with zero attached hydrogens (tertiary/aromatic N) is 2. The van der Waals surface area contributed by atoms with E-state index >= 15 is 0 Å². The molecule has 25 heavy (non-hydrogen) atoms. The molecule has 0 bridgehead atoms. The topological polar surface area (TPSA) is 46.9 Å². The lowest BCUT2D eigenvalue weighted by Crippen LogP contribution is -2.28. The maximum Gasteiger partial charge on any atom is 0.224 e. The van der Waals surface area contributed by atoms with E-state index in [9.17, 15) is 9.18 Å². The number of imidazole rings is 1. The number of halogens is 1. The highest BCUT2D eigenvalue weighted by Crippen LogP contribution is 2.06. The van der Waals surface area contributed by atoms with Crippen LogP contribution in [0.25, 0.3) is 0 Å². The van der Waals surface area contributed by atoms with E-state index in [-0.39, 0.29) is 18.1 Å². The molecule has 0 atom stereocenters. The number of carbonyl (C=O) groups excluding carboxylic acids is 1. The summed E-state index contributed by atoms with van der Waals surface area (Å²) in [6.07, 6.45) is 4.54. The molecule has 5 heteroatoms. The second-order valence-electron chi connectivity index (χ2n) is 5.86. The Morgan fingerprint density at radius 2 is 1.88 bits per heavy atom. The van der Waals surface area contributed by atoms with E-state index in [0.29, 0.717) is 18.5 Å². The first-order valence-electron chi connectivity index (χ1n) is 8.26. The van der Waals surface area contributed by atoms with Crippen LogP contribution in [0.4, 0.5) is 4.39 Å². The molecular formula is C20H20FN3O. The Labute approximate surface area is 146 Å². The monoisotopic (exact) mass is 337 g/mol. The Bertz CT molecular complexity index is 830. The van der Waals surface area contributed by atoms with E-state index in [1.54, 1.807) is 18.3 Å². The summed E-state index contributed by atoms with van der Waals surface area (Å²) in [7, 11) is 0. The smallest absolute Gasteiger partial charge is 0.224 e. The third-order valence-corrected chi connectivity index (χ3v) is 3.92. The summed E-state index contributed by atoms with van der Waals surface area (Å²) in [5.74, 6) is 0.481. The van der Waals surface area contributed by atoms with Gasteiger partial charge in [0.1, 0.15) is 11.6 Å². The maximum atomic E-state index is 13.1. The first kappa shape index (κ1) is 16.9. The minimum atomic E-state index is -0.326. The van der Waals surface area contributed by atoms with Crippen molar-refractivity contribution in [2.24, 2.45) is 0 Å². The molecule has 1 N–H and O–H groups in total. The van der Waals surface area contributed by atoms with Crippen LogP contribution in [0.2, 0.25) is 0 Å². The first-order chi connectivity index (χ1) is 12.2. The normalized spacial score (nSPS) is 10.6. The van der Waals surface area contributed by atoms with Crippen molar-refractivity contribution >= 4 is 5.91 Å². The van der Waals surface area contributed by atoms with Crippen LogP contribution in [0.3, 0.4) is 0 Å². The molecule has 4 nitrogen and oxygen atoms in total. The summed E-state index contributed by atoms with van der Waals surface area (Å²) < 4.78 is 15.2. The van der Waals surface area contributed by atoms with Crippen molar-refractivity contribution in [3.05, 3.63) is 89.8 Å². The van der Waals surface area contributed by atoms with Gasteiger partial charge in [-0.1, -0.05) is 42.5 Å². The zero-order valence-corrected chi connectivity index (χ0v) is 13.9. The predicted octanol–water partition coefficient (Wildman–Crippen LogP) is 2.97. The number of aromatic nitrogens is 2. The van der Waals surface area contributed by atoms with E-state index in [2.05, 4.69) is 27.0 Å². The molecule has 0 radical (unpaired) electrons. The third kappa shape index (κ3) is 5.01. The lowest BCUT2D eigenvalue weighted by Gasteiger charge is -2.09. The van der Waals surface area contributed by atoms with Crippen LogP contribution in [0.1, 0.15) is 17.0 Å². The Morgan fingerprint density at radius 3 is 2.68 bits per heavy atom. The van der Waals surface area contributed by atoms with Gasteiger partial charge < -0.3 is 9.88 Å². The van der Waals surface area contributed by atoms with Gasteiger partial charge >= 0.3 is 0 Å². The van der Waals surface area contributed by atoms with Gasteiger partial charge in [0.25, 0.3) is 0 Å². The largest absolute Gasteiger partial charge is 0.355 e. The molecular weight excluding hydrogens is 317 g/mol. The van der Waals surface area contributed by atoms with Crippen molar-refractivity contribution in [3.63, 3.8) is 0 Å². The number of carbonyl (C=O) groups is 1. The SMILES string of the molecule is O=C(Cc1cccc(F)c1)NCCc1nccn1Cc1ccccc1. The van der Waals surface area contributed by atoms with Crippen molar-refractivity contribution in [1.29, 1.82) is 0 Å². The highest BCUT2D eigenvalue weighted by Gasteiger charge is 2.07. The van der Waals surface area contributed by atoms with Gasteiger partial charge in [-0.3, -0.25) is 4.79 Å². The number of nitrogens with one attached hydrogen (secondary N) is 1. The van der Waals surface area contributed by atoms with E-state index in [4.69, 9.17) is 0 Å². The molecule has 3 rings (SSSR count). The van der Waals surface area contributed by atoms with E-state index in [1.807, 2.05) is 24.4 Å². The molecule has 128 valence electrons. The zero-order valence-electron chi connectivity index (χ0n) is 13.9. The number of hydrogen-bond donors (Lipinski definition) is 1. The van der Waals surface area contributed by atoms with Crippen molar-refractivity contribution in [2.45, 2.75) is 19.4 Å². The van der Waals surface area contributed by atoms with Crippen LogP contribution >= 0.6 is 0 Å². The summed E-state index contributed by atoms with van der Waals surface area (Å²) in [5.41, 5.74) is 1.87. The Kier molecular flexibility index (Phi) is 5.57. The average molecular weight is 337 g/mol. The summed E-state index contributed by atoms with van der Waals surface area (Å²) >= 11 is 0. The van der Waals surface area contributed by atoms with Gasteiger partial charge in [-0.05, 0) is 23.3 Å². The molecule has 0 spiro atoms. The molecule has 0 fully saturated rings. The van der Waals surface area contributed by atoms with Crippen molar-refractivity contribution in [3.8, 4) is 0 Å².